The predicted octanol–water partition coefficient (Wildman–Crippen LogP) is 5.81. The first kappa shape index (κ1) is 22.7. The lowest BCUT2D eigenvalue weighted by atomic mass is 9.91. The minimum absolute atomic E-state index is 0.0602. The van der Waals surface area contributed by atoms with E-state index in [1.165, 1.54) is 12.1 Å². The molecule has 0 radical (unpaired) electrons. The van der Waals surface area contributed by atoms with Crippen LogP contribution in [0.2, 0.25) is 0 Å². The number of rotatable bonds is 6. The Kier molecular flexibility index (Phi) is 6.27. The van der Waals surface area contributed by atoms with Gasteiger partial charge in [-0.15, -0.1) is 0 Å². The molecule has 0 saturated heterocycles. The second-order valence-electron chi connectivity index (χ2n) is 8.46. The molecule has 1 heterocycles. The summed E-state index contributed by atoms with van der Waals surface area (Å²) >= 11 is 0. The van der Waals surface area contributed by atoms with E-state index < -0.39 is 0 Å². The Morgan fingerprint density at radius 2 is 1.66 bits per heavy atom. The summed E-state index contributed by atoms with van der Waals surface area (Å²) in [5, 5.41) is 1.93. The molecular formula is C29H26FNO4. The lowest BCUT2D eigenvalue weighted by Gasteiger charge is -2.38. The highest BCUT2D eigenvalue weighted by atomic mass is 19.1. The summed E-state index contributed by atoms with van der Waals surface area (Å²) in [6.45, 7) is 0.743. The number of amides is 1. The van der Waals surface area contributed by atoms with Crippen LogP contribution in [0.3, 0.4) is 0 Å². The molecule has 0 saturated carbocycles. The molecule has 1 aliphatic rings. The number of halogens is 1. The van der Waals surface area contributed by atoms with E-state index in [4.69, 9.17) is 14.2 Å². The zero-order chi connectivity index (χ0) is 24.4. The zero-order valence-corrected chi connectivity index (χ0v) is 19.7. The average Bonchev–Trinajstić information content (AvgIpc) is 2.91. The predicted molar refractivity (Wildman–Crippen MR) is 133 cm³/mol. The average molecular weight is 472 g/mol. The molecule has 1 amide bonds. The van der Waals surface area contributed by atoms with Gasteiger partial charge in [0.1, 0.15) is 18.2 Å². The van der Waals surface area contributed by atoms with Crippen LogP contribution in [0.4, 0.5) is 4.39 Å². The molecule has 5 rings (SSSR count). The molecule has 1 aliphatic heterocycles. The van der Waals surface area contributed by atoms with E-state index in [0.717, 1.165) is 21.9 Å². The van der Waals surface area contributed by atoms with Crippen molar-refractivity contribution in [2.24, 2.45) is 0 Å². The molecule has 0 bridgehead atoms. The summed E-state index contributed by atoms with van der Waals surface area (Å²) < 4.78 is 30.5. The number of fused-ring (bicyclic) bond motifs is 2. The highest BCUT2D eigenvalue weighted by Gasteiger charge is 2.34. The SMILES string of the molecule is COc1cc2c(cc1OC)C(COc1ccc(F)cc1)N(C(=O)c1cccc3ccccc13)CC2. The van der Waals surface area contributed by atoms with Gasteiger partial charge in [0, 0.05) is 12.1 Å². The van der Waals surface area contributed by atoms with Gasteiger partial charge in [-0.1, -0.05) is 36.4 Å². The van der Waals surface area contributed by atoms with Gasteiger partial charge in [-0.2, -0.15) is 0 Å². The molecule has 4 aromatic carbocycles. The molecule has 178 valence electrons. The van der Waals surface area contributed by atoms with Crippen LogP contribution in [0, 0.1) is 5.82 Å². The van der Waals surface area contributed by atoms with Gasteiger partial charge < -0.3 is 19.1 Å². The number of hydrogen-bond acceptors (Lipinski definition) is 4. The number of ether oxygens (including phenoxy) is 3. The van der Waals surface area contributed by atoms with E-state index in [0.29, 0.717) is 35.8 Å². The summed E-state index contributed by atoms with van der Waals surface area (Å²) in [5.41, 5.74) is 2.68. The number of methoxy groups -OCH3 is 2. The largest absolute Gasteiger partial charge is 0.493 e. The molecule has 0 fully saturated rings. The van der Waals surface area contributed by atoms with Crippen LogP contribution >= 0.6 is 0 Å². The van der Waals surface area contributed by atoms with E-state index in [1.54, 1.807) is 26.4 Å². The van der Waals surface area contributed by atoms with Crippen molar-refractivity contribution >= 4 is 16.7 Å². The molecule has 4 aromatic rings. The zero-order valence-electron chi connectivity index (χ0n) is 19.7. The molecule has 6 heteroatoms. The highest BCUT2D eigenvalue weighted by Crippen LogP contribution is 2.39. The Morgan fingerprint density at radius 3 is 2.43 bits per heavy atom. The maximum Gasteiger partial charge on any atom is 0.255 e. The van der Waals surface area contributed by atoms with Gasteiger partial charge in [-0.3, -0.25) is 4.79 Å². The standard InChI is InChI=1S/C29H26FNO4/c1-33-27-16-20-14-15-31(29(32)24-9-5-7-19-6-3-4-8-23(19)24)26(25(20)17-28(27)34-2)18-35-22-12-10-21(30)11-13-22/h3-13,16-17,26H,14-15,18H2,1-2H3. The van der Waals surface area contributed by atoms with Crippen LogP contribution in [0.15, 0.2) is 78.9 Å². The third kappa shape index (κ3) is 4.39. The van der Waals surface area contributed by atoms with Crippen molar-refractivity contribution in [3.8, 4) is 17.2 Å². The molecule has 1 unspecified atom stereocenters. The van der Waals surface area contributed by atoms with Crippen LogP contribution in [-0.2, 0) is 6.42 Å². The van der Waals surface area contributed by atoms with Crippen LogP contribution < -0.4 is 14.2 Å². The molecule has 0 aromatic heterocycles. The van der Waals surface area contributed by atoms with Gasteiger partial charge >= 0.3 is 0 Å². The number of hydrogen-bond donors (Lipinski definition) is 0. The number of benzene rings is 4. The van der Waals surface area contributed by atoms with Crippen molar-refractivity contribution < 1.29 is 23.4 Å². The van der Waals surface area contributed by atoms with Gasteiger partial charge in [-0.25, -0.2) is 4.39 Å². The highest BCUT2D eigenvalue weighted by molar-refractivity contribution is 6.07. The lowest BCUT2D eigenvalue weighted by Crippen LogP contribution is -2.42. The Balaban J connectivity index is 1.55. The van der Waals surface area contributed by atoms with Gasteiger partial charge in [-0.05, 0) is 70.8 Å². The molecule has 5 nitrogen and oxygen atoms in total. The molecule has 35 heavy (non-hydrogen) atoms. The smallest absolute Gasteiger partial charge is 0.255 e. The first-order valence-electron chi connectivity index (χ1n) is 11.5. The van der Waals surface area contributed by atoms with E-state index in [9.17, 15) is 9.18 Å². The summed E-state index contributed by atoms with van der Waals surface area (Å²) in [6.07, 6.45) is 0.680. The maximum atomic E-state index is 13.9. The van der Waals surface area contributed by atoms with E-state index >= 15 is 0 Å². The van der Waals surface area contributed by atoms with Gasteiger partial charge in [0.05, 0.1) is 20.3 Å². The fourth-order valence-corrected chi connectivity index (χ4v) is 4.72. The maximum absolute atomic E-state index is 13.9. The number of carbonyl (C=O) groups excluding carboxylic acids is 1. The Labute approximate surface area is 203 Å². The van der Waals surface area contributed by atoms with Crippen LogP contribution in [0.1, 0.15) is 27.5 Å². The number of nitrogens with zero attached hydrogens (tertiary/aromatic N) is 1. The van der Waals surface area contributed by atoms with Crippen LogP contribution in [0.25, 0.3) is 10.8 Å². The first-order chi connectivity index (χ1) is 17.1. The van der Waals surface area contributed by atoms with Crippen molar-refractivity contribution in [3.63, 3.8) is 0 Å². The van der Waals surface area contributed by atoms with Crippen LogP contribution in [-0.4, -0.2) is 38.2 Å². The molecule has 0 spiro atoms. The molecule has 1 atom stereocenters. The summed E-state index contributed by atoms with van der Waals surface area (Å²) in [6, 6.07) is 23.1. The van der Waals surface area contributed by atoms with Gasteiger partial charge in [0.15, 0.2) is 11.5 Å². The third-order valence-corrected chi connectivity index (χ3v) is 6.51. The topological polar surface area (TPSA) is 48.0 Å². The summed E-state index contributed by atoms with van der Waals surface area (Å²) in [4.78, 5) is 15.8. The Bertz CT molecular complexity index is 1360. The second-order valence-corrected chi connectivity index (χ2v) is 8.46. The summed E-state index contributed by atoms with van der Waals surface area (Å²) in [7, 11) is 3.20. The van der Waals surface area contributed by atoms with Crippen molar-refractivity contribution in [2.75, 3.05) is 27.4 Å². The molecule has 0 aliphatic carbocycles. The second kappa shape index (κ2) is 9.66. The quantitative estimate of drug-likeness (QED) is 0.356. The fourth-order valence-electron chi connectivity index (χ4n) is 4.72. The van der Waals surface area contributed by atoms with Gasteiger partial charge in [0.25, 0.3) is 5.91 Å². The van der Waals surface area contributed by atoms with Crippen LogP contribution in [0.5, 0.6) is 17.2 Å². The van der Waals surface area contributed by atoms with E-state index in [-0.39, 0.29) is 24.4 Å². The van der Waals surface area contributed by atoms with E-state index in [1.807, 2.05) is 59.5 Å². The van der Waals surface area contributed by atoms with Crippen molar-refractivity contribution in [1.29, 1.82) is 0 Å². The Hall–Kier alpha value is -4.06. The van der Waals surface area contributed by atoms with Gasteiger partial charge in [0.2, 0.25) is 0 Å². The van der Waals surface area contributed by atoms with Crippen molar-refractivity contribution in [2.45, 2.75) is 12.5 Å². The minimum Gasteiger partial charge on any atom is -0.493 e. The summed E-state index contributed by atoms with van der Waals surface area (Å²) in [5.74, 6) is 1.40. The molecule has 0 N–H and O–H groups in total. The fraction of sp³-hybridized carbons (Fsp3) is 0.207. The molecular weight excluding hydrogens is 445 g/mol. The monoisotopic (exact) mass is 471 g/mol. The first-order valence-corrected chi connectivity index (χ1v) is 11.5. The lowest BCUT2D eigenvalue weighted by molar-refractivity contribution is 0.0591. The van der Waals surface area contributed by atoms with Crippen molar-refractivity contribution in [1.82, 2.24) is 4.90 Å². The third-order valence-electron chi connectivity index (χ3n) is 6.51. The van der Waals surface area contributed by atoms with Crippen molar-refractivity contribution in [3.05, 3.63) is 101 Å². The normalized spacial score (nSPS) is 14.9. The number of carbonyl (C=O) groups is 1. The minimum atomic E-state index is -0.366. The van der Waals surface area contributed by atoms with E-state index in [2.05, 4.69) is 0 Å². The Morgan fingerprint density at radius 1 is 0.943 bits per heavy atom.